The van der Waals surface area contributed by atoms with Crippen molar-refractivity contribution in [2.45, 2.75) is 38.0 Å². The summed E-state index contributed by atoms with van der Waals surface area (Å²) < 4.78 is 33.0. The first kappa shape index (κ1) is 25.8. The summed E-state index contributed by atoms with van der Waals surface area (Å²) in [6, 6.07) is 13.4. The van der Waals surface area contributed by atoms with Gasteiger partial charge in [-0.05, 0) is 62.8 Å². The molecule has 8 nitrogen and oxygen atoms in total. The first-order chi connectivity index (χ1) is 17.2. The van der Waals surface area contributed by atoms with Crippen molar-refractivity contribution in [3.05, 3.63) is 65.7 Å². The molecule has 0 radical (unpaired) electrons. The van der Waals surface area contributed by atoms with E-state index in [1.807, 2.05) is 43.0 Å². The van der Waals surface area contributed by atoms with E-state index in [1.165, 1.54) is 12.1 Å². The van der Waals surface area contributed by atoms with Crippen molar-refractivity contribution in [1.29, 1.82) is 0 Å². The fourth-order valence-corrected chi connectivity index (χ4v) is 5.82. The molecule has 9 heteroatoms. The fourth-order valence-electron chi connectivity index (χ4n) is 4.85. The summed E-state index contributed by atoms with van der Waals surface area (Å²) >= 11 is 0. The third-order valence-corrected chi connectivity index (χ3v) is 8.37. The molecule has 36 heavy (non-hydrogen) atoms. The summed E-state index contributed by atoms with van der Waals surface area (Å²) in [4.78, 5) is 29.0. The van der Waals surface area contributed by atoms with Crippen molar-refractivity contribution in [3.63, 3.8) is 0 Å². The minimum atomic E-state index is -3.92. The minimum absolute atomic E-state index is 0.0482. The van der Waals surface area contributed by atoms with Crippen molar-refractivity contribution in [1.82, 2.24) is 14.5 Å². The number of amides is 3. The Bertz CT molecular complexity index is 1230. The van der Waals surface area contributed by atoms with Gasteiger partial charge in [0.2, 0.25) is 5.91 Å². The third-order valence-electron chi connectivity index (χ3n) is 7.04. The molecule has 3 amide bonds. The van der Waals surface area contributed by atoms with Gasteiger partial charge >= 0.3 is 6.03 Å². The first-order valence-corrected chi connectivity index (χ1v) is 13.8. The fraction of sp³-hybridized carbons (Fsp3) is 0.407. The molecule has 4 rings (SSSR count). The highest BCUT2D eigenvalue weighted by atomic mass is 32.2. The molecule has 2 saturated heterocycles. The van der Waals surface area contributed by atoms with Gasteiger partial charge in [-0.3, -0.25) is 4.79 Å². The monoisotopic (exact) mass is 511 g/mol. The zero-order chi connectivity index (χ0) is 25.8. The van der Waals surface area contributed by atoms with E-state index in [4.69, 9.17) is 4.74 Å². The van der Waals surface area contributed by atoms with Crippen LogP contribution in [0.4, 0.5) is 4.79 Å². The molecule has 0 aromatic heterocycles. The molecule has 0 atom stereocenters. The highest BCUT2D eigenvalue weighted by Crippen LogP contribution is 2.40. The molecule has 0 saturated carbocycles. The molecule has 2 aliphatic rings. The van der Waals surface area contributed by atoms with Gasteiger partial charge in [-0.1, -0.05) is 35.9 Å². The number of carbonyl (C=O) groups is 2. The van der Waals surface area contributed by atoms with E-state index in [-0.39, 0.29) is 16.2 Å². The van der Waals surface area contributed by atoms with Crippen LogP contribution in [0.15, 0.2) is 59.5 Å². The number of hydrogen-bond acceptors (Lipinski definition) is 5. The van der Waals surface area contributed by atoms with E-state index in [1.54, 1.807) is 29.2 Å². The lowest BCUT2D eigenvalue weighted by Gasteiger charge is -2.38. The zero-order valence-corrected chi connectivity index (χ0v) is 21.6. The number of nitrogens with zero attached hydrogens (tertiary/aromatic N) is 2. The molecule has 192 valence electrons. The van der Waals surface area contributed by atoms with Crippen molar-refractivity contribution < 1.29 is 22.7 Å². The average Bonchev–Trinajstić information content (AvgIpc) is 3.27. The largest absolute Gasteiger partial charge is 0.493 e. The maximum absolute atomic E-state index is 12.8. The highest BCUT2D eigenvalue weighted by Gasteiger charge is 2.43. The van der Waals surface area contributed by atoms with Crippen molar-refractivity contribution >= 4 is 28.0 Å². The van der Waals surface area contributed by atoms with Crippen LogP contribution in [0.25, 0.3) is 6.08 Å². The summed E-state index contributed by atoms with van der Waals surface area (Å²) in [5.74, 6) is 0.698. The van der Waals surface area contributed by atoms with Gasteiger partial charge in [0.1, 0.15) is 5.75 Å². The van der Waals surface area contributed by atoms with Crippen LogP contribution < -0.4 is 9.46 Å². The second-order valence-corrected chi connectivity index (χ2v) is 11.2. The smallest absolute Gasteiger partial charge is 0.331 e. The van der Waals surface area contributed by atoms with Crippen LogP contribution in [0.5, 0.6) is 5.75 Å². The molecule has 2 aromatic carbocycles. The predicted octanol–water partition coefficient (Wildman–Crippen LogP) is 3.82. The maximum atomic E-state index is 12.8. The van der Waals surface area contributed by atoms with Crippen LogP contribution >= 0.6 is 0 Å². The molecule has 0 bridgehead atoms. The zero-order valence-electron chi connectivity index (χ0n) is 20.8. The summed E-state index contributed by atoms with van der Waals surface area (Å²) in [5, 5.41) is 0. The molecular weight excluding hydrogens is 478 g/mol. The summed E-state index contributed by atoms with van der Waals surface area (Å²) in [6.07, 6.45) is 5.71. The number of carbonyl (C=O) groups excluding carboxylic acids is 2. The second-order valence-electron chi connectivity index (χ2n) is 9.52. The number of rotatable bonds is 6. The van der Waals surface area contributed by atoms with Crippen molar-refractivity contribution in [3.8, 4) is 5.75 Å². The van der Waals surface area contributed by atoms with Gasteiger partial charge in [0.15, 0.2) is 0 Å². The van der Waals surface area contributed by atoms with E-state index in [2.05, 4.69) is 4.72 Å². The van der Waals surface area contributed by atoms with Crippen LogP contribution in [0.3, 0.4) is 0 Å². The van der Waals surface area contributed by atoms with Crippen LogP contribution in [-0.2, 0) is 14.8 Å². The molecule has 2 aliphatic heterocycles. The average molecular weight is 512 g/mol. The second kappa shape index (κ2) is 10.7. The van der Waals surface area contributed by atoms with Gasteiger partial charge in [0, 0.05) is 37.8 Å². The Kier molecular flexibility index (Phi) is 7.68. The Morgan fingerprint density at radius 1 is 1.00 bits per heavy atom. The Morgan fingerprint density at radius 3 is 2.31 bits per heavy atom. The lowest BCUT2D eigenvalue weighted by Crippen LogP contribution is -2.46. The topological polar surface area (TPSA) is 96.0 Å². The standard InChI is InChI=1S/C27H33N3O5S/c1-3-35-24-7-5-4-6-22(24)10-13-25(31)29-17-14-27(15-18-29)16-19-30(20-27)26(32)28-36(33,34)23-11-8-21(2)9-12-23/h4-13H,3,14-20H2,1-2H3,(H,28,32)/b13-10+. The van der Waals surface area contributed by atoms with Gasteiger partial charge in [0.05, 0.1) is 11.5 Å². The summed E-state index contributed by atoms with van der Waals surface area (Å²) in [7, 11) is -3.92. The Hall–Kier alpha value is -3.33. The molecule has 2 fully saturated rings. The van der Waals surface area contributed by atoms with Gasteiger partial charge in [-0.15, -0.1) is 0 Å². The van der Waals surface area contributed by atoms with E-state index < -0.39 is 16.1 Å². The number of para-hydroxylation sites is 1. The predicted molar refractivity (Wildman–Crippen MR) is 138 cm³/mol. The number of sulfonamides is 1. The number of benzene rings is 2. The highest BCUT2D eigenvalue weighted by molar-refractivity contribution is 7.90. The van der Waals surface area contributed by atoms with Gasteiger partial charge < -0.3 is 14.5 Å². The van der Waals surface area contributed by atoms with Crippen LogP contribution in [0.2, 0.25) is 0 Å². The van der Waals surface area contributed by atoms with Crippen molar-refractivity contribution in [2.24, 2.45) is 5.41 Å². The van der Waals surface area contributed by atoms with E-state index >= 15 is 0 Å². The summed E-state index contributed by atoms with van der Waals surface area (Å²) in [5.41, 5.74) is 1.71. The number of nitrogens with one attached hydrogen (secondary N) is 1. The lowest BCUT2D eigenvalue weighted by atomic mass is 9.78. The lowest BCUT2D eigenvalue weighted by molar-refractivity contribution is -0.128. The number of piperidine rings is 1. The van der Waals surface area contributed by atoms with E-state index in [0.29, 0.717) is 32.8 Å². The Balaban J connectivity index is 1.31. The van der Waals surface area contributed by atoms with Gasteiger partial charge in [0.25, 0.3) is 10.0 Å². The SMILES string of the molecule is CCOc1ccccc1/C=C/C(=O)N1CCC2(CC1)CCN(C(=O)NS(=O)(=O)c1ccc(C)cc1)C2. The van der Waals surface area contributed by atoms with Crippen LogP contribution in [0.1, 0.15) is 37.3 Å². The maximum Gasteiger partial charge on any atom is 0.331 e. The molecule has 1 N–H and O–H groups in total. The molecule has 2 heterocycles. The van der Waals surface area contributed by atoms with Gasteiger partial charge in [-0.2, -0.15) is 0 Å². The molecule has 0 unspecified atom stereocenters. The molecule has 2 aromatic rings. The van der Waals surface area contributed by atoms with E-state index in [9.17, 15) is 18.0 Å². The molecule has 1 spiro atoms. The van der Waals surface area contributed by atoms with E-state index in [0.717, 1.165) is 36.1 Å². The number of ether oxygens (including phenoxy) is 1. The van der Waals surface area contributed by atoms with Crippen LogP contribution in [-0.4, -0.2) is 62.9 Å². The normalized spacial score (nSPS) is 17.5. The minimum Gasteiger partial charge on any atom is -0.493 e. The van der Waals surface area contributed by atoms with Crippen molar-refractivity contribution in [2.75, 3.05) is 32.8 Å². The third kappa shape index (κ3) is 5.90. The number of hydrogen-bond donors (Lipinski definition) is 1. The first-order valence-electron chi connectivity index (χ1n) is 12.3. The number of aryl methyl sites for hydroxylation is 1. The Labute approximate surface area is 213 Å². The number of likely N-dealkylation sites (tertiary alicyclic amines) is 2. The number of urea groups is 1. The van der Waals surface area contributed by atoms with Crippen LogP contribution in [0, 0.1) is 12.3 Å². The molecular formula is C27H33N3O5S. The quantitative estimate of drug-likeness (QED) is 0.595. The summed E-state index contributed by atoms with van der Waals surface area (Å²) in [6.45, 7) is 6.54. The Morgan fingerprint density at radius 2 is 1.64 bits per heavy atom. The molecule has 0 aliphatic carbocycles. The van der Waals surface area contributed by atoms with Gasteiger partial charge in [-0.25, -0.2) is 17.9 Å².